The number of aliphatic hydroxyl groups excluding tert-OH is 1. The van der Waals surface area contributed by atoms with Crippen molar-refractivity contribution in [1.82, 2.24) is 20.1 Å². The number of H-pyrrole nitrogens is 1. The van der Waals surface area contributed by atoms with Crippen molar-refractivity contribution in [2.24, 2.45) is 0 Å². The molecule has 3 atom stereocenters. The number of hydrogen-bond donors (Lipinski definition) is 2. The van der Waals surface area contributed by atoms with Crippen LogP contribution in [-0.2, 0) is 9.59 Å². The van der Waals surface area contributed by atoms with Gasteiger partial charge in [0.1, 0.15) is 12.3 Å². The lowest BCUT2D eigenvalue weighted by atomic mass is 9.94. The van der Waals surface area contributed by atoms with Crippen molar-refractivity contribution in [2.45, 2.75) is 57.1 Å². The van der Waals surface area contributed by atoms with E-state index >= 15 is 0 Å². The molecule has 9 nitrogen and oxygen atoms in total. The molecule has 0 aliphatic carbocycles. The van der Waals surface area contributed by atoms with E-state index in [4.69, 9.17) is 4.74 Å². The van der Waals surface area contributed by atoms with Crippen molar-refractivity contribution >= 4 is 28.5 Å². The molecule has 2 aromatic heterocycles. The number of benzene rings is 1. The number of carbonyl (C=O) groups is 2. The van der Waals surface area contributed by atoms with Crippen LogP contribution in [0.1, 0.15) is 50.5 Å². The van der Waals surface area contributed by atoms with E-state index in [-0.39, 0.29) is 43.0 Å². The van der Waals surface area contributed by atoms with Crippen LogP contribution >= 0.6 is 0 Å². The van der Waals surface area contributed by atoms with Gasteiger partial charge >= 0.3 is 0 Å². The number of anilines is 1. The highest BCUT2D eigenvalue weighted by Gasteiger charge is 2.39. The number of ether oxygens (including phenoxy) is 1. The molecule has 1 saturated heterocycles. The standard InChI is InChI=1S/C26H31N5O4/c1-2-19(35-20-12-17-13-28-29-25(17)27-14-20)9-10-22-21-7-3-4-8-23(21)31(26(22)34)15-24(33)30-11-5-6-18(30)16-32/h3-4,7-8,12-14,18-19,22,32H,2,5-6,9-11,15-16H2,1H3,(H,27,28,29)/t18-,19?,22?/m1/s1. The van der Waals surface area contributed by atoms with Gasteiger partial charge in [0.15, 0.2) is 5.65 Å². The minimum Gasteiger partial charge on any atom is -0.489 e. The summed E-state index contributed by atoms with van der Waals surface area (Å²) in [7, 11) is 0. The van der Waals surface area contributed by atoms with E-state index in [2.05, 4.69) is 22.1 Å². The number of rotatable bonds is 9. The summed E-state index contributed by atoms with van der Waals surface area (Å²) < 4.78 is 6.19. The van der Waals surface area contributed by atoms with E-state index in [1.54, 1.807) is 22.2 Å². The summed E-state index contributed by atoms with van der Waals surface area (Å²) in [5, 5.41) is 17.3. The number of pyridine rings is 1. The molecule has 2 aliphatic rings. The van der Waals surface area contributed by atoms with Gasteiger partial charge in [-0.15, -0.1) is 0 Å². The average Bonchev–Trinajstić information content (AvgIpc) is 3.60. The molecule has 2 amide bonds. The summed E-state index contributed by atoms with van der Waals surface area (Å²) in [5.41, 5.74) is 2.48. The Morgan fingerprint density at radius 3 is 3.00 bits per heavy atom. The Hall–Kier alpha value is -3.46. The molecule has 0 bridgehead atoms. The molecule has 35 heavy (non-hydrogen) atoms. The van der Waals surface area contributed by atoms with Crippen LogP contribution < -0.4 is 9.64 Å². The third-order valence-corrected chi connectivity index (χ3v) is 7.17. The van der Waals surface area contributed by atoms with Gasteiger partial charge in [0.25, 0.3) is 0 Å². The van der Waals surface area contributed by atoms with Crippen LogP contribution in [0.25, 0.3) is 11.0 Å². The van der Waals surface area contributed by atoms with Gasteiger partial charge in [-0.2, -0.15) is 5.10 Å². The molecule has 2 aliphatic heterocycles. The van der Waals surface area contributed by atoms with Gasteiger partial charge in [0, 0.05) is 17.6 Å². The van der Waals surface area contributed by atoms with Gasteiger partial charge in [-0.3, -0.25) is 14.7 Å². The van der Waals surface area contributed by atoms with Crippen LogP contribution in [0.15, 0.2) is 42.7 Å². The molecule has 1 fully saturated rings. The van der Waals surface area contributed by atoms with Gasteiger partial charge in [-0.05, 0) is 49.8 Å². The van der Waals surface area contributed by atoms with E-state index in [1.807, 2.05) is 30.3 Å². The van der Waals surface area contributed by atoms with E-state index in [0.717, 1.165) is 35.9 Å². The smallest absolute Gasteiger partial charge is 0.242 e. The molecule has 0 spiro atoms. The quantitative estimate of drug-likeness (QED) is 0.490. The highest BCUT2D eigenvalue weighted by Crippen LogP contribution is 2.40. The highest BCUT2D eigenvalue weighted by atomic mass is 16.5. The van der Waals surface area contributed by atoms with Gasteiger partial charge in [0.2, 0.25) is 11.8 Å². The first-order valence-electron chi connectivity index (χ1n) is 12.4. The number of fused-ring (bicyclic) bond motifs is 2. The van der Waals surface area contributed by atoms with Gasteiger partial charge < -0.3 is 19.6 Å². The van der Waals surface area contributed by atoms with Crippen LogP contribution in [0.3, 0.4) is 0 Å². The summed E-state index contributed by atoms with van der Waals surface area (Å²) in [6, 6.07) is 9.49. The largest absolute Gasteiger partial charge is 0.489 e. The Labute approximate surface area is 204 Å². The molecule has 4 heterocycles. The Bertz CT molecular complexity index is 1210. The van der Waals surface area contributed by atoms with Gasteiger partial charge in [-0.1, -0.05) is 25.1 Å². The number of carbonyl (C=O) groups excluding carboxylic acids is 2. The molecule has 2 N–H and O–H groups in total. The number of nitrogens with zero attached hydrogens (tertiary/aromatic N) is 4. The Morgan fingerprint density at radius 1 is 1.31 bits per heavy atom. The lowest BCUT2D eigenvalue weighted by Gasteiger charge is -2.26. The minimum absolute atomic E-state index is 0.00688. The molecule has 0 radical (unpaired) electrons. The van der Waals surface area contributed by atoms with Crippen LogP contribution in [-0.4, -0.2) is 68.8 Å². The Morgan fingerprint density at radius 2 is 2.17 bits per heavy atom. The second-order valence-electron chi connectivity index (χ2n) is 9.31. The molecular formula is C26H31N5O4. The fourth-order valence-corrected chi connectivity index (χ4v) is 5.26. The second kappa shape index (κ2) is 10.0. The molecule has 1 aromatic carbocycles. The lowest BCUT2D eigenvalue weighted by molar-refractivity contribution is -0.132. The number of aromatic amines is 1. The molecule has 184 valence electrons. The predicted molar refractivity (Wildman–Crippen MR) is 131 cm³/mol. The monoisotopic (exact) mass is 477 g/mol. The summed E-state index contributed by atoms with van der Waals surface area (Å²) in [5.74, 6) is 0.219. The molecule has 5 rings (SSSR count). The van der Waals surface area contributed by atoms with Crippen LogP contribution in [0.2, 0.25) is 0 Å². The van der Waals surface area contributed by atoms with Gasteiger partial charge in [-0.25, -0.2) is 4.98 Å². The molecule has 2 unspecified atom stereocenters. The van der Waals surface area contributed by atoms with Crippen molar-refractivity contribution in [1.29, 1.82) is 0 Å². The third-order valence-electron chi connectivity index (χ3n) is 7.17. The number of amides is 2. The zero-order chi connectivity index (χ0) is 24.4. The van der Waals surface area contributed by atoms with Crippen molar-refractivity contribution < 1.29 is 19.4 Å². The van der Waals surface area contributed by atoms with Crippen LogP contribution in [0.4, 0.5) is 5.69 Å². The number of likely N-dealkylation sites (tertiary alicyclic amines) is 1. The summed E-state index contributed by atoms with van der Waals surface area (Å²) in [4.78, 5) is 34.2. The number of aliphatic hydroxyl groups is 1. The topological polar surface area (TPSA) is 112 Å². The fourth-order valence-electron chi connectivity index (χ4n) is 5.26. The van der Waals surface area contributed by atoms with Crippen molar-refractivity contribution in [2.75, 3.05) is 24.6 Å². The summed E-state index contributed by atoms with van der Waals surface area (Å²) >= 11 is 0. The maximum Gasteiger partial charge on any atom is 0.242 e. The number of hydrogen-bond acceptors (Lipinski definition) is 6. The van der Waals surface area contributed by atoms with Crippen molar-refractivity contribution in [3.8, 4) is 5.75 Å². The van der Waals surface area contributed by atoms with E-state index in [0.29, 0.717) is 30.8 Å². The van der Waals surface area contributed by atoms with Crippen LogP contribution in [0.5, 0.6) is 5.75 Å². The van der Waals surface area contributed by atoms with Gasteiger partial charge in [0.05, 0.1) is 37.1 Å². The zero-order valence-corrected chi connectivity index (χ0v) is 19.9. The van der Waals surface area contributed by atoms with E-state index in [9.17, 15) is 14.7 Å². The lowest BCUT2D eigenvalue weighted by Crippen LogP contribution is -2.45. The first kappa shape index (κ1) is 23.3. The number of para-hydroxylation sites is 1. The summed E-state index contributed by atoms with van der Waals surface area (Å²) in [6.45, 7) is 2.66. The third kappa shape index (κ3) is 4.60. The maximum atomic E-state index is 13.5. The highest BCUT2D eigenvalue weighted by molar-refractivity contribution is 6.08. The first-order chi connectivity index (χ1) is 17.1. The number of aromatic nitrogens is 3. The Kier molecular flexibility index (Phi) is 6.68. The normalized spacial score (nSPS) is 20.5. The molecule has 3 aromatic rings. The first-order valence-corrected chi connectivity index (χ1v) is 12.4. The second-order valence-corrected chi connectivity index (χ2v) is 9.31. The minimum atomic E-state index is -0.307. The predicted octanol–water partition coefficient (Wildman–Crippen LogP) is 3.01. The van der Waals surface area contributed by atoms with Crippen molar-refractivity contribution in [3.05, 3.63) is 48.3 Å². The molecule has 9 heteroatoms. The van der Waals surface area contributed by atoms with Crippen molar-refractivity contribution in [3.63, 3.8) is 0 Å². The van der Waals surface area contributed by atoms with E-state index in [1.165, 1.54) is 0 Å². The average molecular weight is 478 g/mol. The molecular weight excluding hydrogens is 446 g/mol. The van der Waals surface area contributed by atoms with Crippen LogP contribution in [0, 0.1) is 0 Å². The Balaban J connectivity index is 1.27. The van der Waals surface area contributed by atoms with E-state index < -0.39 is 0 Å². The zero-order valence-electron chi connectivity index (χ0n) is 19.9. The number of nitrogens with one attached hydrogen (secondary N) is 1. The molecule has 0 saturated carbocycles. The summed E-state index contributed by atoms with van der Waals surface area (Å²) in [6.07, 6.45) is 7.14. The maximum absolute atomic E-state index is 13.5. The SMILES string of the molecule is CCC(CCC1C(=O)N(CC(=O)N2CCC[C@@H]2CO)c2ccccc21)Oc1cnc2[nH]ncc2c1. The fraction of sp³-hybridized carbons (Fsp3) is 0.462.